The highest BCUT2D eigenvalue weighted by atomic mass is 35.5. The van der Waals surface area contributed by atoms with Crippen molar-refractivity contribution in [1.29, 1.82) is 0 Å². The Morgan fingerprint density at radius 2 is 1.89 bits per heavy atom. The molecule has 1 aliphatic heterocycles. The van der Waals surface area contributed by atoms with Gasteiger partial charge in [0.25, 0.3) is 0 Å². The van der Waals surface area contributed by atoms with Crippen LogP contribution in [0, 0.1) is 0 Å². The van der Waals surface area contributed by atoms with Crippen LogP contribution < -0.4 is 5.32 Å². The molecule has 0 aliphatic carbocycles. The van der Waals surface area contributed by atoms with Crippen molar-refractivity contribution in [3.05, 3.63) is 48.0 Å². The summed E-state index contributed by atoms with van der Waals surface area (Å²) in [5.41, 5.74) is 1.42. The van der Waals surface area contributed by atoms with Gasteiger partial charge in [0.1, 0.15) is 0 Å². The van der Waals surface area contributed by atoms with E-state index in [2.05, 4.69) is 46.6 Å². The fraction of sp³-hybridized carbons (Fsp3) is 0.500. The molecule has 0 bridgehead atoms. The Labute approximate surface area is 121 Å². The van der Waals surface area contributed by atoms with E-state index in [0.29, 0.717) is 11.9 Å². The maximum Gasteiger partial charge on any atom is 0.0404 e. The smallest absolute Gasteiger partial charge is 0.0404 e. The minimum atomic E-state index is 0.608. The van der Waals surface area contributed by atoms with Gasteiger partial charge in [0, 0.05) is 25.0 Å². The highest BCUT2D eigenvalue weighted by Crippen LogP contribution is 2.13. The fourth-order valence-corrected chi connectivity index (χ4v) is 2.64. The van der Waals surface area contributed by atoms with E-state index in [1.165, 1.54) is 31.5 Å². The van der Waals surface area contributed by atoms with Gasteiger partial charge in [0.2, 0.25) is 0 Å². The molecule has 0 atom stereocenters. The Hall–Kier alpha value is -0.830. The molecule has 1 aromatic rings. The molecular weight excluding hydrogens is 256 g/mol. The van der Waals surface area contributed by atoms with Gasteiger partial charge < -0.3 is 5.32 Å². The van der Waals surface area contributed by atoms with Gasteiger partial charge in [0.15, 0.2) is 0 Å². The molecule has 1 aromatic carbocycles. The number of alkyl halides is 1. The van der Waals surface area contributed by atoms with Crippen LogP contribution in [-0.2, 0) is 6.54 Å². The highest BCUT2D eigenvalue weighted by Gasteiger charge is 2.18. The van der Waals surface area contributed by atoms with Gasteiger partial charge in [-0.1, -0.05) is 42.5 Å². The van der Waals surface area contributed by atoms with Crippen molar-refractivity contribution in [3.63, 3.8) is 0 Å². The molecule has 0 amide bonds. The average molecular weight is 279 g/mol. The molecular formula is C16H23ClN2. The van der Waals surface area contributed by atoms with Crippen molar-refractivity contribution < 1.29 is 0 Å². The van der Waals surface area contributed by atoms with E-state index in [0.717, 1.165) is 13.1 Å². The second-order valence-electron chi connectivity index (χ2n) is 5.07. The number of halogens is 1. The first-order valence-electron chi connectivity index (χ1n) is 7.09. The Morgan fingerprint density at radius 1 is 1.16 bits per heavy atom. The summed E-state index contributed by atoms with van der Waals surface area (Å²) >= 11 is 5.60. The van der Waals surface area contributed by atoms with Crippen molar-refractivity contribution in [1.82, 2.24) is 10.2 Å². The van der Waals surface area contributed by atoms with Crippen LogP contribution >= 0.6 is 11.6 Å². The van der Waals surface area contributed by atoms with Crippen LogP contribution in [0.3, 0.4) is 0 Å². The number of allylic oxidation sites excluding steroid dienone is 1. The van der Waals surface area contributed by atoms with Crippen molar-refractivity contribution in [2.45, 2.75) is 25.4 Å². The van der Waals surface area contributed by atoms with Gasteiger partial charge in [-0.2, -0.15) is 0 Å². The Morgan fingerprint density at radius 3 is 2.58 bits per heavy atom. The molecule has 104 valence electrons. The van der Waals surface area contributed by atoms with Gasteiger partial charge in [0.05, 0.1) is 0 Å². The third-order valence-electron chi connectivity index (χ3n) is 3.62. The van der Waals surface area contributed by atoms with E-state index in [1.807, 2.05) is 6.08 Å². The molecule has 1 fully saturated rings. The van der Waals surface area contributed by atoms with Crippen LogP contribution in [0.4, 0.5) is 0 Å². The van der Waals surface area contributed by atoms with E-state index in [9.17, 15) is 0 Å². The Kier molecular flexibility index (Phi) is 6.42. The summed E-state index contributed by atoms with van der Waals surface area (Å²) in [6, 6.07) is 11.4. The van der Waals surface area contributed by atoms with Crippen molar-refractivity contribution in [2.75, 3.05) is 25.5 Å². The number of hydrogen-bond acceptors (Lipinski definition) is 2. The lowest BCUT2D eigenvalue weighted by atomic mass is 10.0. The van der Waals surface area contributed by atoms with Crippen molar-refractivity contribution in [2.24, 2.45) is 0 Å². The van der Waals surface area contributed by atoms with E-state index in [-0.39, 0.29) is 0 Å². The average Bonchev–Trinajstić information content (AvgIpc) is 2.46. The first-order chi connectivity index (χ1) is 9.38. The van der Waals surface area contributed by atoms with Crippen molar-refractivity contribution in [3.8, 4) is 0 Å². The number of likely N-dealkylation sites (tertiary alicyclic amines) is 1. The van der Waals surface area contributed by atoms with Crippen LogP contribution in [0.1, 0.15) is 18.4 Å². The fourth-order valence-electron chi connectivity index (χ4n) is 2.52. The molecule has 1 aliphatic rings. The molecule has 0 aromatic heterocycles. The Balaban J connectivity index is 1.66. The van der Waals surface area contributed by atoms with Crippen LogP contribution in [0.5, 0.6) is 0 Å². The number of benzene rings is 1. The summed E-state index contributed by atoms with van der Waals surface area (Å²) in [5, 5.41) is 3.57. The minimum Gasteiger partial charge on any atom is -0.310 e. The first-order valence-corrected chi connectivity index (χ1v) is 7.62. The monoisotopic (exact) mass is 278 g/mol. The molecule has 0 spiro atoms. The van der Waals surface area contributed by atoms with E-state index in [4.69, 9.17) is 11.6 Å². The number of hydrogen-bond donors (Lipinski definition) is 1. The summed E-state index contributed by atoms with van der Waals surface area (Å²) in [7, 11) is 0. The SMILES string of the molecule is ClC/C=C/CNC1CCN(Cc2ccccc2)CC1. The number of nitrogens with one attached hydrogen (secondary N) is 1. The van der Waals surface area contributed by atoms with Crippen LogP contribution in [0.25, 0.3) is 0 Å². The van der Waals surface area contributed by atoms with Gasteiger partial charge in [-0.15, -0.1) is 11.6 Å². The second-order valence-corrected chi connectivity index (χ2v) is 5.38. The van der Waals surface area contributed by atoms with Crippen LogP contribution in [0.15, 0.2) is 42.5 Å². The van der Waals surface area contributed by atoms with Gasteiger partial charge in [-0.3, -0.25) is 4.90 Å². The lowest BCUT2D eigenvalue weighted by Gasteiger charge is -2.32. The minimum absolute atomic E-state index is 0.608. The van der Waals surface area contributed by atoms with Gasteiger partial charge >= 0.3 is 0 Å². The molecule has 3 heteroatoms. The standard InChI is InChI=1S/C16H23ClN2/c17-10-4-5-11-18-16-8-12-19(13-9-16)14-15-6-2-1-3-7-15/h1-7,16,18H,8-14H2/b5-4+. The van der Waals surface area contributed by atoms with E-state index in [1.54, 1.807) is 0 Å². The molecule has 1 N–H and O–H groups in total. The lowest BCUT2D eigenvalue weighted by molar-refractivity contribution is 0.192. The summed E-state index contributed by atoms with van der Waals surface area (Å²) in [6.07, 6.45) is 6.59. The number of nitrogens with zero attached hydrogens (tertiary/aromatic N) is 1. The zero-order valence-corrected chi connectivity index (χ0v) is 12.1. The molecule has 0 saturated carbocycles. The Bertz CT molecular complexity index is 370. The summed E-state index contributed by atoms with van der Waals surface area (Å²) in [6.45, 7) is 4.40. The first kappa shape index (κ1) is 14.6. The summed E-state index contributed by atoms with van der Waals surface area (Å²) in [4.78, 5) is 2.54. The number of rotatable bonds is 6. The number of piperidine rings is 1. The topological polar surface area (TPSA) is 15.3 Å². The molecule has 2 nitrogen and oxygen atoms in total. The van der Waals surface area contributed by atoms with Crippen LogP contribution in [0.2, 0.25) is 0 Å². The van der Waals surface area contributed by atoms with Crippen molar-refractivity contribution >= 4 is 11.6 Å². The third-order valence-corrected chi connectivity index (χ3v) is 3.79. The second kappa shape index (κ2) is 8.36. The summed E-state index contributed by atoms with van der Waals surface area (Å²) in [5.74, 6) is 0.608. The van der Waals surface area contributed by atoms with Gasteiger partial charge in [-0.25, -0.2) is 0 Å². The maximum atomic E-state index is 5.60. The zero-order valence-electron chi connectivity index (χ0n) is 11.4. The quantitative estimate of drug-likeness (QED) is 0.636. The van der Waals surface area contributed by atoms with Gasteiger partial charge in [-0.05, 0) is 31.5 Å². The predicted octanol–water partition coefficient (Wildman–Crippen LogP) is 3.04. The molecule has 0 radical (unpaired) electrons. The van der Waals surface area contributed by atoms with E-state index < -0.39 is 0 Å². The van der Waals surface area contributed by atoms with E-state index >= 15 is 0 Å². The largest absolute Gasteiger partial charge is 0.310 e. The summed E-state index contributed by atoms with van der Waals surface area (Å²) < 4.78 is 0. The van der Waals surface area contributed by atoms with Crippen LogP contribution in [-0.4, -0.2) is 36.5 Å². The molecule has 1 saturated heterocycles. The normalized spacial score (nSPS) is 18.2. The zero-order chi connectivity index (χ0) is 13.3. The lowest BCUT2D eigenvalue weighted by Crippen LogP contribution is -2.42. The third kappa shape index (κ3) is 5.35. The molecule has 0 unspecified atom stereocenters. The predicted molar refractivity (Wildman–Crippen MR) is 82.6 cm³/mol. The molecule has 1 heterocycles. The maximum absolute atomic E-state index is 5.60. The highest BCUT2D eigenvalue weighted by molar-refractivity contribution is 6.18. The molecule has 19 heavy (non-hydrogen) atoms. The molecule has 2 rings (SSSR count).